The van der Waals surface area contributed by atoms with Gasteiger partial charge in [-0.2, -0.15) is 0 Å². The zero-order chi connectivity index (χ0) is 23.8. The summed E-state index contributed by atoms with van der Waals surface area (Å²) < 4.78 is 5.72. The molecule has 2 aromatic rings. The number of nitrogens with two attached hydrogens (primary N) is 1. The predicted molar refractivity (Wildman–Crippen MR) is 114 cm³/mol. The first kappa shape index (κ1) is 21.0. The first-order valence-electron chi connectivity index (χ1n) is 10.4. The Balaban J connectivity index is 1.71. The topological polar surface area (TPSA) is 171 Å². The number of phenolic OH excluding ortho intramolecular Hbond substituents is 1. The van der Waals surface area contributed by atoms with Crippen LogP contribution in [-0.4, -0.2) is 43.5 Å². The van der Waals surface area contributed by atoms with Gasteiger partial charge in [0.25, 0.3) is 5.91 Å². The van der Waals surface area contributed by atoms with Gasteiger partial charge in [0, 0.05) is 23.5 Å². The van der Waals surface area contributed by atoms with Crippen molar-refractivity contribution in [2.24, 2.45) is 17.6 Å². The molecule has 1 fully saturated rings. The van der Waals surface area contributed by atoms with E-state index in [1.807, 2.05) is 0 Å². The van der Waals surface area contributed by atoms with Crippen LogP contribution in [0.4, 0.5) is 0 Å². The number of hydrogen-bond donors (Lipinski definition) is 5. The molecule has 3 atom stereocenters. The highest BCUT2D eigenvalue weighted by Crippen LogP contribution is 2.53. The average Bonchev–Trinajstić information content (AvgIpc) is 3.16. The number of aromatic hydroxyl groups is 1. The van der Waals surface area contributed by atoms with E-state index in [1.165, 1.54) is 6.07 Å². The Kier molecular flexibility index (Phi) is 4.35. The zero-order valence-corrected chi connectivity index (χ0v) is 17.6. The van der Waals surface area contributed by atoms with Gasteiger partial charge in [-0.15, -0.1) is 0 Å². The van der Waals surface area contributed by atoms with Crippen molar-refractivity contribution in [3.8, 4) is 17.1 Å². The molecule has 1 saturated carbocycles. The summed E-state index contributed by atoms with van der Waals surface area (Å²) in [6, 6.07) is 6.57. The van der Waals surface area contributed by atoms with Crippen molar-refractivity contribution in [2.45, 2.75) is 31.8 Å². The summed E-state index contributed by atoms with van der Waals surface area (Å²) in [5.74, 6) is -5.29. The molecule has 3 aliphatic carbocycles. The summed E-state index contributed by atoms with van der Waals surface area (Å²) in [5.41, 5.74) is 2.87. The van der Waals surface area contributed by atoms with E-state index in [-0.39, 0.29) is 36.1 Å². The molecule has 0 bridgehead atoms. The SMILES string of the molecule is Cc1ccc(-c2ccc(O)c3c2CC2CC4CC(=O)C(C(N)=O)=C(O)C4(O)C(=O)C2=C3O)o1. The van der Waals surface area contributed by atoms with Crippen LogP contribution in [0.5, 0.6) is 5.75 Å². The Morgan fingerprint density at radius 3 is 2.48 bits per heavy atom. The molecule has 3 unspecified atom stereocenters. The van der Waals surface area contributed by atoms with E-state index in [2.05, 4.69) is 0 Å². The lowest BCUT2D eigenvalue weighted by atomic mass is 9.59. The van der Waals surface area contributed by atoms with Crippen LogP contribution in [-0.2, 0) is 20.8 Å². The van der Waals surface area contributed by atoms with Crippen molar-refractivity contribution in [1.29, 1.82) is 0 Å². The summed E-state index contributed by atoms with van der Waals surface area (Å²) in [7, 11) is 0. The van der Waals surface area contributed by atoms with Crippen LogP contribution in [0.3, 0.4) is 0 Å². The number of hydrogen-bond acceptors (Lipinski definition) is 8. The van der Waals surface area contributed by atoms with Gasteiger partial charge in [0.1, 0.15) is 34.4 Å². The van der Waals surface area contributed by atoms with Crippen molar-refractivity contribution in [3.05, 3.63) is 58.1 Å². The highest BCUT2D eigenvalue weighted by atomic mass is 16.4. The Labute approximate surface area is 187 Å². The maximum absolute atomic E-state index is 13.5. The van der Waals surface area contributed by atoms with E-state index in [0.29, 0.717) is 22.6 Å². The molecule has 3 aliphatic rings. The van der Waals surface area contributed by atoms with Gasteiger partial charge in [-0.1, -0.05) is 0 Å². The maximum Gasteiger partial charge on any atom is 0.255 e. The summed E-state index contributed by atoms with van der Waals surface area (Å²) in [4.78, 5) is 37.6. The molecule has 9 heteroatoms. The van der Waals surface area contributed by atoms with Gasteiger partial charge >= 0.3 is 0 Å². The van der Waals surface area contributed by atoms with E-state index in [1.54, 1.807) is 25.1 Å². The lowest BCUT2D eigenvalue weighted by molar-refractivity contribution is -0.147. The largest absolute Gasteiger partial charge is 0.508 e. The van der Waals surface area contributed by atoms with Gasteiger partial charge in [0.2, 0.25) is 5.78 Å². The summed E-state index contributed by atoms with van der Waals surface area (Å²) in [6.07, 6.45) is -0.0562. The minimum atomic E-state index is -2.57. The number of carbonyl (C=O) groups is 3. The third-order valence-corrected chi connectivity index (χ3v) is 6.95. The van der Waals surface area contributed by atoms with Crippen molar-refractivity contribution in [1.82, 2.24) is 0 Å². The van der Waals surface area contributed by atoms with E-state index in [4.69, 9.17) is 10.2 Å². The number of ketones is 2. The molecule has 1 aromatic carbocycles. The van der Waals surface area contributed by atoms with Crippen LogP contribution in [0.1, 0.15) is 29.7 Å². The van der Waals surface area contributed by atoms with Gasteiger partial charge in [-0.05, 0) is 55.5 Å². The minimum Gasteiger partial charge on any atom is -0.508 e. The lowest BCUT2D eigenvalue weighted by Crippen LogP contribution is -2.58. The molecular formula is C24H21NO8. The molecule has 6 N–H and O–H groups in total. The molecule has 1 heterocycles. The number of carbonyl (C=O) groups excluding carboxylic acids is 3. The second-order valence-electron chi connectivity index (χ2n) is 8.80. The highest BCUT2D eigenvalue weighted by Gasteiger charge is 2.60. The average molecular weight is 451 g/mol. The molecule has 0 saturated heterocycles. The molecule has 0 aliphatic heterocycles. The number of benzene rings is 1. The van der Waals surface area contributed by atoms with Crippen LogP contribution in [0.15, 0.2) is 45.6 Å². The molecule has 9 nitrogen and oxygen atoms in total. The minimum absolute atomic E-state index is 0.0358. The first-order valence-corrected chi connectivity index (χ1v) is 10.4. The molecule has 0 radical (unpaired) electrons. The van der Waals surface area contributed by atoms with Gasteiger partial charge in [0.15, 0.2) is 11.4 Å². The molecule has 1 amide bonds. The Morgan fingerprint density at radius 1 is 1.12 bits per heavy atom. The first-order chi connectivity index (χ1) is 15.6. The van der Waals surface area contributed by atoms with Crippen LogP contribution in [0.2, 0.25) is 0 Å². The number of aliphatic hydroxyl groups excluding tert-OH is 2. The smallest absolute Gasteiger partial charge is 0.255 e. The molecule has 0 spiro atoms. The molecular weight excluding hydrogens is 430 g/mol. The second-order valence-corrected chi connectivity index (χ2v) is 8.80. The maximum atomic E-state index is 13.5. The molecule has 1 aromatic heterocycles. The third kappa shape index (κ3) is 2.72. The van der Waals surface area contributed by atoms with Crippen LogP contribution in [0, 0.1) is 18.8 Å². The van der Waals surface area contributed by atoms with Crippen molar-refractivity contribution >= 4 is 23.2 Å². The number of fused-ring (bicyclic) bond motifs is 3. The third-order valence-electron chi connectivity index (χ3n) is 6.95. The zero-order valence-electron chi connectivity index (χ0n) is 17.6. The monoisotopic (exact) mass is 451 g/mol. The van der Waals surface area contributed by atoms with Gasteiger partial charge in [-0.3, -0.25) is 14.4 Å². The van der Waals surface area contributed by atoms with E-state index >= 15 is 0 Å². The second kappa shape index (κ2) is 6.82. The Hall–Kier alpha value is -3.85. The van der Waals surface area contributed by atoms with Crippen molar-refractivity contribution < 1.29 is 39.2 Å². The van der Waals surface area contributed by atoms with Crippen LogP contribution < -0.4 is 5.73 Å². The lowest BCUT2D eigenvalue weighted by Gasteiger charge is -2.46. The number of furan rings is 1. The molecule has 33 heavy (non-hydrogen) atoms. The normalized spacial score (nSPS) is 26.7. The van der Waals surface area contributed by atoms with Gasteiger partial charge in [0.05, 0.1) is 5.56 Å². The van der Waals surface area contributed by atoms with E-state index in [9.17, 15) is 34.8 Å². The van der Waals surface area contributed by atoms with Crippen LogP contribution in [0.25, 0.3) is 17.1 Å². The number of Topliss-reactive ketones (excluding diaryl/α,β-unsaturated/α-hetero) is 2. The quantitative estimate of drug-likeness (QED) is 0.431. The van der Waals surface area contributed by atoms with Gasteiger partial charge < -0.3 is 30.6 Å². The van der Waals surface area contributed by atoms with Crippen LogP contribution >= 0.6 is 0 Å². The van der Waals surface area contributed by atoms with Crippen molar-refractivity contribution in [2.75, 3.05) is 0 Å². The fraction of sp³-hybridized carbons (Fsp3) is 0.292. The summed E-state index contributed by atoms with van der Waals surface area (Å²) in [5, 5.41) is 43.4. The molecule has 5 rings (SSSR count). The number of rotatable bonds is 2. The predicted octanol–water partition coefficient (Wildman–Crippen LogP) is 1.99. The highest BCUT2D eigenvalue weighted by molar-refractivity contribution is 6.22. The van der Waals surface area contributed by atoms with E-state index < -0.39 is 52.0 Å². The van der Waals surface area contributed by atoms with Crippen molar-refractivity contribution in [3.63, 3.8) is 0 Å². The number of phenols is 1. The van der Waals surface area contributed by atoms with Gasteiger partial charge in [-0.25, -0.2) is 0 Å². The summed E-state index contributed by atoms with van der Waals surface area (Å²) >= 11 is 0. The number of aryl methyl sites for hydroxylation is 1. The number of amides is 1. The number of primary amides is 1. The molecule has 170 valence electrons. The fourth-order valence-electron chi connectivity index (χ4n) is 5.43. The summed E-state index contributed by atoms with van der Waals surface area (Å²) in [6.45, 7) is 1.78. The number of aliphatic hydroxyl groups is 3. The Morgan fingerprint density at radius 2 is 1.85 bits per heavy atom. The van der Waals surface area contributed by atoms with E-state index in [0.717, 1.165) is 0 Å². The Bertz CT molecular complexity index is 1330. The fourth-order valence-corrected chi connectivity index (χ4v) is 5.43. The standard InChI is InChI=1S/C24H21NO8/c1-9-2-5-16(33-9)12-3-4-14(26)18-13(12)7-10-6-11-8-15(27)19(23(25)31)22(30)24(11,32)21(29)17(10)20(18)28/h2-5,10-11,26,28,30,32H,6-8H2,1H3,(H2,25,31).